The van der Waals surface area contributed by atoms with Crippen molar-refractivity contribution in [1.82, 2.24) is 5.32 Å². The number of quaternary nitrogens is 2. The van der Waals surface area contributed by atoms with Gasteiger partial charge in [-0.3, -0.25) is 9.59 Å². The van der Waals surface area contributed by atoms with Gasteiger partial charge in [0.15, 0.2) is 0 Å². The SMILES string of the molecule is C=C(C)C(CC/C(C)=C/CC/C(C)=C/CC/C(C)=C/C(=O)NCCC[N+](C)(C)CCCC[N+](C)(C)CCCN)OC(C)=O. The van der Waals surface area contributed by atoms with Gasteiger partial charge in [-0.05, 0) is 78.3 Å². The summed E-state index contributed by atoms with van der Waals surface area (Å²) < 4.78 is 7.40. The van der Waals surface area contributed by atoms with Gasteiger partial charge in [0.2, 0.25) is 5.91 Å². The highest BCUT2D eigenvalue weighted by atomic mass is 16.5. The van der Waals surface area contributed by atoms with Crippen molar-refractivity contribution in [2.24, 2.45) is 5.73 Å². The zero-order valence-electron chi connectivity index (χ0n) is 29.5. The molecule has 0 aliphatic heterocycles. The summed E-state index contributed by atoms with van der Waals surface area (Å²) in [5.74, 6) is -0.241. The molecule has 1 atom stereocenters. The Balaban J connectivity index is 4.24. The third-order valence-corrected chi connectivity index (χ3v) is 8.08. The molecule has 0 heterocycles. The van der Waals surface area contributed by atoms with Gasteiger partial charge in [-0.25, -0.2) is 0 Å². The van der Waals surface area contributed by atoms with Crippen LogP contribution < -0.4 is 11.1 Å². The molecule has 43 heavy (non-hydrogen) atoms. The highest BCUT2D eigenvalue weighted by Crippen LogP contribution is 2.17. The molecule has 0 aromatic carbocycles. The van der Waals surface area contributed by atoms with Crippen LogP contribution >= 0.6 is 0 Å². The Bertz CT molecular complexity index is 931. The van der Waals surface area contributed by atoms with Crippen LogP contribution in [0.1, 0.15) is 98.8 Å². The number of carbonyl (C=O) groups is 2. The second-order valence-corrected chi connectivity index (χ2v) is 13.9. The molecule has 3 N–H and O–H groups in total. The molecule has 0 aromatic heterocycles. The van der Waals surface area contributed by atoms with E-state index in [1.54, 1.807) is 6.08 Å². The van der Waals surface area contributed by atoms with Crippen LogP contribution in [-0.4, -0.2) is 94.4 Å². The number of nitrogens with two attached hydrogens (primary N) is 1. The number of amides is 1. The molecule has 248 valence electrons. The first kappa shape index (κ1) is 40.8. The standard InChI is InChI=1S/C36H67N4O3/c1-30(2)35(43-34(6)41)22-21-32(4)19-13-17-31(3)18-14-20-33(5)29-36(42)38-24-16-28-40(9,10)26-12-11-25-39(7,8)27-15-23-37/h18-19,29,35H,1,11-17,20-28,37H2,2-10H3/q+1/p+1/b31-18+,32-19+,33-29+. The van der Waals surface area contributed by atoms with Crippen LogP contribution in [0.2, 0.25) is 0 Å². The zero-order valence-corrected chi connectivity index (χ0v) is 29.5. The second kappa shape index (κ2) is 22.3. The van der Waals surface area contributed by atoms with Gasteiger partial charge in [-0.1, -0.05) is 35.5 Å². The summed E-state index contributed by atoms with van der Waals surface area (Å²) in [6.45, 7) is 19.7. The first-order valence-corrected chi connectivity index (χ1v) is 16.5. The van der Waals surface area contributed by atoms with E-state index in [2.05, 4.69) is 66.1 Å². The Morgan fingerprint density at radius 3 is 1.77 bits per heavy atom. The summed E-state index contributed by atoms with van der Waals surface area (Å²) >= 11 is 0. The van der Waals surface area contributed by atoms with Gasteiger partial charge in [0, 0.05) is 45.2 Å². The molecule has 0 saturated carbocycles. The lowest BCUT2D eigenvalue weighted by molar-refractivity contribution is -0.896. The van der Waals surface area contributed by atoms with Crippen molar-refractivity contribution in [1.29, 1.82) is 0 Å². The van der Waals surface area contributed by atoms with E-state index in [-0.39, 0.29) is 18.0 Å². The zero-order chi connectivity index (χ0) is 32.9. The summed E-state index contributed by atoms with van der Waals surface area (Å²) in [7, 11) is 9.18. The maximum atomic E-state index is 12.4. The quantitative estimate of drug-likeness (QED) is 0.0436. The van der Waals surface area contributed by atoms with Crippen molar-refractivity contribution < 1.29 is 23.3 Å². The second-order valence-electron chi connectivity index (χ2n) is 13.9. The maximum Gasteiger partial charge on any atom is 0.303 e. The van der Waals surface area contributed by atoms with Gasteiger partial charge in [0.1, 0.15) is 6.10 Å². The smallest absolute Gasteiger partial charge is 0.303 e. The highest BCUT2D eigenvalue weighted by molar-refractivity contribution is 5.88. The van der Waals surface area contributed by atoms with Crippen LogP contribution in [0.15, 0.2) is 47.1 Å². The summed E-state index contributed by atoms with van der Waals surface area (Å²) in [6.07, 6.45) is 16.2. The van der Waals surface area contributed by atoms with Crippen LogP contribution in [0.25, 0.3) is 0 Å². The van der Waals surface area contributed by atoms with E-state index in [9.17, 15) is 9.59 Å². The number of hydrogen-bond acceptors (Lipinski definition) is 4. The van der Waals surface area contributed by atoms with Crippen molar-refractivity contribution in [3.63, 3.8) is 0 Å². The van der Waals surface area contributed by atoms with E-state index < -0.39 is 0 Å². The Labute approximate surface area is 265 Å². The molecule has 0 radical (unpaired) electrons. The molecule has 7 nitrogen and oxygen atoms in total. The van der Waals surface area contributed by atoms with Gasteiger partial charge in [-0.15, -0.1) is 0 Å². The van der Waals surface area contributed by atoms with Crippen LogP contribution in [0.3, 0.4) is 0 Å². The van der Waals surface area contributed by atoms with Gasteiger partial charge in [-0.2, -0.15) is 0 Å². The number of unbranched alkanes of at least 4 members (excludes halogenated alkanes) is 1. The molecule has 1 amide bonds. The van der Waals surface area contributed by atoms with Gasteiger partial charge < -0.3 is 24.8 Å². The summed E-state index contributed by atoms with van der Waals surface area (Å²) in [5, 5.41) is 3.07. The molecular formula is C36H68N4O3+2. The Kier molecular flexibility index (Phi) is 21.2. The van der Waals surface area contributed by atoms with E-state index in [4.69, 9.17) is 10.5 Å². The topological polar surface area (TPSA) is 81.4 Å². The molecule has 0 aliphatic rings. The lowest BCUT2D eigenvalue weighted by atomic mass is 10.0. The molecule has 0 fully saturated rings. The predicted molar refractivity (Wildman–Crippen MR) is 184 cm³/mol. The van der Waals surface area contributed by atoms with Gasteiger partial charge >= 0.3 is 5.97 Å². The number of nitrogens with zero attached hydrogens (tertiary/aromatic N) is 2. The molecule has 0 spiro atoms. The fourth-order valence-electron chi connectivity index (χ4n) is 5.15. The predicted octanol–water partition coefficient (Wildman–Crippen LogP) is 6.46. The van der Waals surface area contributed by atoms with Crippen LogP contribution in [-0.2, 0) is 14.3 Å². The number of ether oxygens (including phenoxy) is 1. The minimum Gasteiger partial charge on any atom is -0.458 e. The van der Waals surface area contributed by atoms with Gasteiger partial charge in [0.25, 0.3) is 0 Å². The molecule has 0 aromatic rings. The maximum absolute atomic E-state index is 12.4. The van der Waals surface area contributed by atoms with Crippen molar-refractivity contribution >= 4 is 11.9 Å². The third kappa shape index (κ3) is 23.9. The van der Waals surface area contributed by atoms with Crippen molar-refractivity contribution in [2.75, 3.05) is 67.5 Å². The normalized spacial score (nSPS) is 14.0. The average molecular weight is 605 g/mol. The number of rotatable bonds is 24. The molecule has 0 saturated heterocycles. The molecule has 1 unspecified atom stereocenters. The van der Waals surface area contributed by atoms with E-state index in [1.165, 1.54) is 44.0 Å². The Hall–Kier alpha value is -2.22. The molecular weight excluding hydrogens is 536 g/mol. The molecule has 7 heteroatoms. The third-order valence-electron chi connectivity index (χ3n) is 8.08. The molecule has 0 aliphatic carbocycles. The Morgan fingerprint density at radius 1 is 0.767 bits per heavy atom. The van der Waals surface area contributed by atoms with E-state index in [1.807, 2.05) is 13.8 Å². The van der Waals surface area contributed by atoms with Crippen molar-refractivity contribution in [3.05, 3.63) is 47.1 Å². The summed E-state index contributed by atoms with van der Waals surface area (Å²) in [6, 6.07) is 0. The summed E-state index contributed by atoms with van der Waals surface area (Å²) in [4.78, 5) is 23.7. The van der Waals surface area contributed by atoms with Crippen molar-refractivity contribution in [3.8, 4) is 0 Å². The monoisotopic (exact) mass is 605 g/mol. The van der Waals surface area contributed by atoms with E-state index in [0.717, 1.165) is 97.7 Å². The molecule has 0 rings (SSSR count). The number of esters is 1. The fourth-order valence-corrected chi connectivity index (χ4v) is 5.15. The summed E-state index contributed by atoms with van der Waals surface area (Å²) in [5.41, 5.74) is 10.3. The minimum absolute atomic E-state index is 0.0178. The Morgan fingerprint density at radius 2 is 1.26 bits per heavy atom. The minimum atomic E-state index is -0.259. The van der Waals surface area contributed by atoms with Gasteiger partial charge in [0.05, 0.1) is 54.4 Å². The van der Waals surface area contributed by atoms with Crippen molar-refractivity contribution in [2.45, 2.75) is 105 Å². The van der Waals surface area contributed by atoms with Crippen LogP contribution in [0.5, 0.6) is 0 Å². The first-order chi connectivity index (χ1) is 20.1. The van der Waals surface area contributed by atoms with Crippen LogP contribution in [0, 0.1) is 0 Å². The number of nitrogens with one attached hydrogen (secondary N) is 1. The number of carbonyl (C=O) groups excluding carboxylic acids is 2. The lowest BCUT2D eigenvalue weighted by Crippen LogP contribution is -2.44. The lowest BCUT2D eigenvalue weighted by Gasteiger charge is -2.32. The average Bonchev–Trinajstić information content (AvgIpc) is 2.90. The number of hydrogen-bond donors (Lipinski definition) is 2. The van der Waals surface area contributed by atoms with E-state index in [0.29, 0.717) is 0 Å². The number of allylic oxidation sites excluding steroid dienone is 5. The largest absolute Gasteiger partial charge is 0.458 e. The van der Waals surface area contributed by atoms with E-state index >= 15 is 0 Å². The molecule has 0 bridgehead atoms. The highest BCUT2D eigenvalue weighted by Gasteiger charge is 2.17. The first-order valence-electron chi connectivity index (χ1n) is 16.5. The fraction of sp³-hybridized carbons (Fsp3) is 0.722. The van der Waals surface area contributed by atoms with Crippen LogP contribution in [0.4, 0.5) is 0 Å².